The van der Waals surface area contributed by atoms with Crippen molar-refractivity contribution in [3.05, 3.63) is 48.0 Å². The van der Waals surface area contributed by atoms with Gasteiger partial charge in [0, 0.05) is 25.2 Å². The number of aliphatic hydroxyl groups is 1. The van der Waals surface area contributed by atoms with E-state index >= 15 is 0 Å². The maximum Gasteiger partial charge on any atom is 0.200 e. The topological polar surface area (TPSA) is 32.7 Å². The number of hydrogen-bond donors (Lipinski definition) is 1. The summed E-state index contributed by atoms with van der Waals surface area (Å²) in [6.45, 7) is 17.9. The molecule has 3 nitrogen and oxygen atoms in total. The van der Waals surface area contributed by atoms with Crippen molar-refractivity contribution in [3.63, 3.8) is 0 Å². The molecule has 30 heavy (non-hydrogen) atoms. The first-order valence-corrected chi connectivity index (χ1v) is 14.2. The Bertz CT molecular complexity index is 622. The van der Waals surface area contributed by atoms with Gasteiger partial charge in [0.1, 0.15) is 0 Å². The molecule has 0 amide bonds. The van der Waals surface area contributed by atoms with Crippen LogP contribution in [-0.2, 0) is 11.0 Å². The van der Waals surface area contributed by atoms with Gasteiger partial charge in [0.05, 0.1) is 6.10 Å². The highest BCUT2D eigenvalue weighted by atomic mass is 28.4. The van der Waals surface area contributed by atoms with Crippen LogP contribution in [0.4, 0.5) is 0 Å². The Morgan fingerprint density at radius 2 is 1.63 bits per heavy atom. The van der Waals surface area contributed by atoms with Gasteiger partial charge in [-0.3, -0.25) is 4.90 Å². The van der Waals surface area contributed by atoms with Crippen molar-refractivity contribution in [2.24, 2.45) is 0 Å². The smallest absolute Gasteiger partial charge is 0.200 e. The van der Waals surface area contributed by atoms with Crippen molar-refractivity contribution in [1.29, 1.82) is 0 Å². The van der Waals surface area contributed by atoms with Gasteiger partial charge < -0.3 is 9.53 Å². The van der Waals surface area contributed by atoms with Crippen LogP contribution in [0.2, 0.25) is 16.6 Å². The van der Waals surface area contributed by atoms with Crippen molar-refractivity contribution in [3.8, 4) is 0 Å². The van der Waals surface area contributed by atoms with E-state index in [9.17, 15) is 5.11 Å². The summed E-state index contributed by atoms with van der Waals surface area (Å²) in [5, 5.41) is 10.7. The van der Waals surface area contributed by atoms with Gasteiger partial charge in [0.25, 0.3) is 0 Å². The third kappa shape index (κ3) is 5.85. The van der Waals surface area contributed by atoms with Gasteiger partial charge in [-0.1, -0.05) is 91.0 Å². The second-order valence-corrected chi connectivity index (χ2v) is 15.3. The summed E-state index contributed by atoms with van der Waals surface area (Å²) in [5.74, 6) is 0. The highest BCUT2D eigenvalue weighted by molar-refractivity contribution is 6.77. The van der Waals surface area contributed by atoms with Crippen molar-refractivity contribution < 1.29 is 9.53 Å². The maximum absolute atomic E-state index is 10.7. The van der Waals surface area contributed by atoms with Crippen LogP contribution in [-0.4, -0.2) is 43.1 Å². The van der Waals surface area contributed by atoms with Crippen LogP contribution in [0.25, 0.3) is 0 Å². The molecule has 1 heterocycles. The highest BCUT2D eigenvalue weighted by Crippen LogP contribution is 2.42. The van der Waals surface area contributed by atoms with E-state index in [1.807, 2.05) is 0 Å². The lowest BCUT2D eigenvalue weighted by Gasteiger charge is -2.44. The Labute approximate surface area is 186 Å². The molecule has 0 aromatic heterocycles. The SMILES string of the molecule is CC[C@@H](O)[C@@H]1CC=C[C@H](CCO[Si](C(C)C)(C(C)C)C(C)C)N1Cc1ccccc1. The third-order valence-electron chi connectivity index (χ3n) is 7.13. The zero-order chi connectivity index (χ0) is 22.3. The summed E-state index contributed by atoms with van der Waals surface area (Å²) in [6, 6.07) is 11.1. The van der Waals surface area contributed by atoms with Crippen LogP contribution in [0.1, 0.15) is 73.3 Å². The molecule has 0 bridgehead atoms. The molecule has 0 saturated heterocycles. The molecule has 0 radical (unpaired) electrons. The lowest BCUT2D eigenvalue weighted by atomic mass is 9.94. The molecule has 170 valence electrons. The molecule has 0 unspecified atom stereocenters. The largest absolute Gasteiger partial charge is 0.416 e. The number of hydrogen-bond acceptors (Lipinski definition) is 3. The van der Waals surface area contributed by atoms with Gasteiger partial charge in [-0.15, -0.1) is 0 Å². The van der Waals surface area contributed by atoms with E-state index < -0.39 is 8.32 Å². The fraction of sp³-hybridized carbons (Fsp3) is 0.692. The number of nitrogens with zero attached hydrogens (tertiary/aromatic N) is 1. The Morgan fingerprint density at radius 3 is 2.17 bits per heavy atom. The fourth-order valence-corrected chi connectivity index (χ4v) is 11.1. The highest BCUT2D eigenvalue weighted by Gasteiger charge is 2.45. The van der Waals surface area contributed by atoms with E-state index in [1.165, 1.54) is 5.56 Å². The van der Waals surface area contributed by atoms with Crippen LogP contribution in [0.5, 0.6) is 0 Å². The first-order valence-electron chi connectivity index (χ1n) is 12.0. The molecule has 1 aromatic rings. The number of rotatable bonds is 11. The Balaban J connectivity index is 2.16. The molecule has 1 aromatic carbocycles. The van der Waals surface area contributed by atoms with Crippen LogP contribution in [0.15, 0.2) is 42.5 Å². The molecule has 2 rings (SSSR count). The lowest BCUT2D eigenvalue weighted by molar-refractivity contribution is 0.0175. The Hall–Kier alpha value is -0.943. The minimum absolute atomic E-state index is 0.174. The average molecular weight is 432 g/mol. The average Bonchev–Trinajstić information content (AvgIpc) is 2.71. The van der Waals surface area contributed by atoms with Gasteiger partial charge in [0.2, 0.25) is 0 Å². The van der Waals surface area contributed by atoms with Crippen molar-refractivity contribution in [2.45, 2.75) is 109 Å². The van der Waals surface area contributed by atoms with Gasteiger partial charge in [-0.2, -0.15) is 0 Å². The minimum atomic E-state index is -1.85. The van der Waals surface area contributed by atoms with E-state index in [0.29, 0.717) is 22.7 Å². The molecule has 0 saturated carbocycles. The van der Waals surface area contributed by atoms with Gasteiger partial charge in [0.15, 0.2) is 8.32 Å². The van der Waals surface area contributed by atoms with Gasteiger partial charge in [-0.25, -0.2) is 0 Å². The standard InChI is InChI=1S/C26H45NO2Si/c1-8-26(28)25-16-12-15-24(27(25)19-23-13-10-9-11-14-23)17-18-29-30(20(2)3,21(4)5)22(6)7/h9-15,20-22,24-26,28H,8,16-19H2,1-7H3/t24-,25+,26-/m1/s1. The monoisotopic (exact) mass is 431 g/mol. The van der Waals surface area contributed by atoms with Crippen molar-refractivity contribution in [2.75, 3.05) is 6.61 Å². The number of benzene rings is 1. The summed E-state index contributed by atoms with van der Waals surface area (Å²) < 4.78 is 6.85. The molecule has 1 aliphatic heterocycles. The molecular weight excluding hydrogens is 386 g/mol. The van der Waals surface area contributed by atoms with E-state index in [2.05, 4.69) is 95.8 Å². The summed E-state index contributed by atoms with van der Waals surface area (Å²) in [6.07, 6.45) is 7.01. The molecule has 1 aliphatic rings. The normalized spacial score (nSPS) is 21.7. The summed E-state index contributed by atoms with van der Waals surface area (Å²) in [7, 11) is -1.85. The zero-order valence-corrected chi connectivity index (χ0v) is 21.3. The van der Waals surface area contributed by atoms with Crippen LogP contribution < -0.4 is 0 Å². The molecule has 0 fully saturated rings. The first kappa shape index (κ1) is 25.3. The van der Waals surface area contributed by atoms with Crippen LogP contribution in [0.3, 0.4) is 0 Å². The zero-order valence-electron chi connectivity index (χ0n) is 20.3. The maximum atomic E-state index is 10.7. The van der Waals surface area contributed by atoms with Crippen LogP contribution >= 0.6 is 0 Å². The first-order chi connectivity index (χ1) is 14.2. The third-order valence-corrected chi connectivity index (χ3v) is 13.2. The van der Waals surface area contributed by atoms with E-state index in [4.69, 9.17) is 4.43 Å². The fourth-order valence-electron chi connectivity index (χ4n) is 5.66. The quantitative estimate of drug-likeness (QED) is 0.319. The van der Waals surface area contributed by atoms with Gasteiger partial charge >= 0.3 is 0 Å². The molecule has 3 atom stereocenters. The van der Waals surface area contributed by atoms with E-state index in [1.54, 1.807) is 0 Å². The summed E-state index contributed by atoms with van der Waals surface area (Å²) >= 11 is 0. The van der Waals surface area contributed by atoms with Crippen molar-refractivity contribution in [1.82, 2.24) is 4.90 Å². The molecule has 1 N–H and O–H groups in total. The Morgan fingerprint density at radius 1 is 1.03 bits per heavy atom. The lowest BCUT2D eigenvalue weighted by Crippen LogP contribution is -2.51. The van der Waals surface area contributed by atoms with E-state index in [0.717, 1.165) is 32.4 Å². The number of aliphatic hydroxyl groups excluding tert-OH is 1. The second-order valence-electron chi connectivity index (χ2n) is 9.89. The van der Waals surface area contributed by atoms with Gasteiger partial charge in [-0.05, 0) is 41.4 Å². The molecule has 0 aliphatic carbocycles. The van der Waals surface area contributed by atoms with Crippen LogP contribution in [0, 0.1) is 0 Å². The minimum Gasteiger partial charge on any atom is -0.416 e. The predicted octanol–water partition coefficient (Wildman–Crippen LogP) is 6.54. The second kappa shape index (κ2) is 11.6. The Kier molecular flexibility index (Phi) is 9.80. The molecular formula is C26H45NO2Si. The molecule has 0 spiro atoms. The van der Waals surface area contributed by atoms with Crippen molar-refractivity contribution >= 4 is 8.32 Å². The predicted molar refractivity (Wildman–Crippen MR) is 131 cm³/mol. The molecule has 4 heteroatoms. The summed E-state index contributed by atoms with van der Waals surface area (Å²) in [5.41, 5.74) is 3.13. The van der Waals surface area contributed by atoms with E-state index in [-0.39, 0.29) is 12.1 Å². The summed E-state index contributed by atoms with van der Waals surface area (Å²) in [4.78, 5) is 2.51.